The van der Waals surface area contributed by atoms with Crippen LogP contribution in [-0.4, -0.2) is 63.2 Å². The monoisotopic (exact) mass is 517 g/mol. The van der Waals surface area contributed by atoms with Gasteiger partial charge in [0.1, 0.15) is 18.5 Å². The van der Waals surface area contributed by atoms with E-state index < -0.39 is 6.04 Å². The highest BCUT2D eigenvalue weighted by Gasteiger charge is 2.22. The average Bonchev–Trinajstić information content (AvgIpc) is 2.96. The fourth-order valence-electron chi connectivity index (χ4n) is 4.19. The number of carbonyl (C=O) groups is 1. The van der Waals surface area contributed by atoms with E-state index in [-0.39, 0.29) is 11.7 Å². The minimum Gasteiger partial charge on any atom is -0.493 e. The highest BCUT2D eigenvalue weighted by atomic mass is 16.5. The van der Waals surface area contributed by atoms with Crippen LogP contribution in [0.3, 0.4) is 0 Å². The van der Waals surface area contributed by atoms with Crippen molar-refractivity contribution < 1.29 is 19.0 Å². The molecule has 1 aliphatic heterocycles. The van der Waals surface area contributed by atoms with Crippen LogP contribution in [0.2, 0.25) is 0 Å². The number of ether oxygens (including phenoxy) is 3. The summed E-state index contributed by atoms with van der Waals surface area (Å²) in [7, 11) is 1.59. The molecule has 9 heteroatoms. The number of nitrogens with zero attached hydrogens (tertiary/aromatic N) is 1. The Bertz CT molecular complexity index is 1200. The summed E-state index contributed by atoms with van der Waals surface area (Å²) in [6.45, 7) is 5.03. The van der Waals surface area contributed by atoms with Crippen LogP contribution in [-0.2, 0) is 16.1 Å². The third kappa shape index (κ3) is 7.47. The summed E-state index contributed by atoms with van der Waals surface area (Å²) in [4.78, 5) is 15.7. The van der Waals surface area contributed by atoms with E-state index in [1.54, 1.807) is 31.4 Å². The van der Waals surface area contributed by atoms with E-state index >= 15 is 0 Å². The highest BCUT2D eigenvalue weighted by Crippen LogP contribution is 2.32. The lowest BCUT2D eigenvalue weighted by Crippen LogP contribution is -2.38. The largest absolute Gasteiger partial charge is 0.493 e. The Morgan fingerprint density at radius 2 is 1.79 bits per heavy atom. The number of hydrogen-bond acceptors (Lipinski definition) is 7. The van der Waals surface area contributed by atoms with Crippen molar-refractivity contribution in [3.63, 3.8) is 0 Å². The highest BCUT2D eigenvalue weighted by molar-refractivity contribution is 5.95. The molecule has 0 spiro atoms. The van der Waals surface area contributed by atoms with Crippen LogP contribution in [0.1, 0.15) is 22.7 Å². The molecular formula is C29H35N5O4. The normalized spacial score (nSPS) is 14.3. The molecule has 0 aromatic heterocycles. The van der Waals surface area contributed by atoms with E-state index in [0.29, 0.717) is 30.2 Å². The van der Waals surface area contributed by atoms with E-state index in [1.807, 2.05) is 48.5 Å². The molecule has 5 N–H and O–H groups in total. The zero-order chi connectivity index (χ0) is 26.7. The first-order valence-electron chi connectivity index (χ1n) is 12.7. The molecule has 3 aromatic rings. The molecule has 1 atom stereocenters. The lowest BCUT2D eigenvalue weighted by molar-refractivity contribution is -0.122. The van der Waals surface area contributed by atoms with Gasteiger partial charge in [-0.2, -0.15) is 0 Å². The van der Waals surface area contributed by atoms with Crippen molar-refractivity contribution in [2.45, 2.75) is 12.6 Å². The van der Waals surface area contributed by atoms with Gasteiger partial charge in [0.25, 0.3) is 0 Å². The molecule has 0 unspecified atom stereocenters. The predicted octanol–water partition coefficient (Wildman–Crippen LogP) is 3.16. The summed E-state index contributed by atoms with van der Waals surface area (Å²) >= 11 is 0. The Balaban J connectivity index is 1.50. The van der Waals surface area contributed by atoms with Crippen LogP contribution < -0.4 is 25.8 Å². The lowest BCUT2D eigenvalue weighted by Gasteiger charge is -2.26. The fourth-order valence-corrected chi connectivity index (χ4v) is 4.19. The maximum absolute atomic E-state index is 13.4. The Morgan fingerprint density at radius 1 is 1.05 bits per heavy atom. The van der Waals surface area contributed by atoms with Gasteiger partial charge >= 0.3 is 0 Å². The van der Waals surface area contributed by atoms with E-state index in [9.17, 15) is 4.79 Å². The summed E-state index contributed by atoms with van der Waals surface area (Å²) in [5.41, 5.74) is 8.65. The number of morpholine rings is 1. The van der Waals surface area contributed by atoms with E-state index in [4.69, 9.17) is 25.4 Å². The van der Waals surface area contributed by atoms with Crippen molar-refractivity contribution in [1.82, 2.24) is 10.2 Å². The summed E-state index contributed by atoms with van der Waals surface area (Å²) < 4.78 is 17.1. The number of nitrogen functional groups attached to an aromatic ring is 1. The first-order valence-corrected chi connectivity index (χ1v) is 12.7. The van der Waals surface area contributed by atoms with Crippen LogP contribution in [0, 0.1) is 5.41 Å². The number of nitrogens with one attached hydrogen (secondary N) is 3. The number of amidine groups is 1. The molecular weight excluding hydrogens is 482 g/mol. The Hall–Kier alpha value is -4.08. The van der Waals surface area contributed by atoms with Crippen LogP contribution in [0.15, 0.2) is 72.8 Å². The first-order chi connectivity index (χ1) is 18.5. The van der Waals surface area contributed by atoms with Crippen molar-refractivity contribution in [2.75, 3.05) is 51.9 Å². The number of carbonyl (C=O) groups excluding carboxylic acids is 1. The second-order valence-corrected chi connectivity index (χ2v) is 8.98. The zero-order valence-electron chi connectivity index (χ0n) is 21.6. The number of methoxy groups -OCH3 is 1. The number of nitrogens with two attached hydrogens (primary N) is 1. The molecule has 0 aliphatic carbocycles. The zero-order valence-corrected chi connectivity index (χ0v) is 21.6. The van der Waals surface area contributed by atoms with Crippen LogP contribution >= 0.6 is 0 Å². The van der Waals surface area contributed by atoms with Crippen LogP contribution in [0.25, 0.3) is 0 Å². The number of anilines is 1. The van der Waals surface area contributed by atoms with Gasteiger partial charge in [-0.05, 0) is 47.5 Å². The van der Waals surface area contributed by atoms with Crippen molar-refractivity contribution in [2.24, 2.45) is 5.73 Å². The quantitative estimate of drug-likeness (QED) is 0.215. The van der Waals surface area contributed by atoms with Gasteiger partial charge in [0.2, 0.25) is 5.91 Å². The maximum atomic E-state index is 13.4. The van der Waals surface area contributed by atoms with Gasteiger partial charge in [-0.25, -0.2) is 0 Å². The third-order valence-corrected chi connectivity index (χ3v) is 6.37. The van der Waals surface area contributed by atoms with Gasteiger partial charge < -0.3 is 30.6 Å². The number of rotatable bonds is 12. The standard InChI is InChI=1S/C29H35N5O4/c1-36-26-19-23(9-12-25(26)38-18-15-34-13-16-37-17-14-34)27(29(35)32-20-21-5-3-2-4-6-21)33-24-10-7-22(8-11-24)28(30)31/h2-12,19,27,33H,13-18,20H2,1H3,(H3,30,31)(H,32,35)/t27-/m0/s1. The van der Waals surface area contributed by atoms with Gasteiger partial charge in [0, 0.05) is 37.4 Å². The summed E-state index contributed by atoms with van der Waals surface area (Å²) in [5, 5.41) is 14.0. The average molecular weight is 518 g/mol. The third-order valence-electron chi connectivity index (χ3n) is 6.37. The number of amides is 1. The van der Waals surface area contributed by atoms with Gasteiger partial charge in [0.05, 0.1) is 20.3 Å². The fraction of sp³-hybridized carbons (Fsp3) is 0.310. The molecule has 0 saturated carbocycles. The molecule has 1 fully saturated rings. The van der Waals surface area contributed by atoms with Crippen molar-refractivity contribution in [3.8, 4) is 11.5 Å². The van der Waals surface area contributed by atoms with Crippen LogP contribution in [0.5, 0.6) is 11.5 Å². The molecule has 1 saturated heterocycles. The first kappa shape index (κ1) is 27.0. The van der Waals surface area contributed by atoms with Gasteiger partial charge in [0.15, 0.2) is 11.5 Å². The summed E-state index contributed by atoms with van der Waals surface area (Å²) in [6.07, 6.45) is 0. The van der Waals surface area contributed by atoms with E-state index in [1.165, 1.54) is 0 Å². The second kappa shape index (κ2) is 13.5. The molecule has 4 rings (SSSR count). The molecule has 1 aliphatic rings. The van der Waals surface area contributed by atoms with Gasteiger partial charge in [-0.3, -0.25) is 15.1 Å². The minimum atomic E-state index is -0.696. The smallest absolute Gasteiger partial charge is 0.247 e. The summed E-state index contributed by atoms with van der Waals surface area (Å²) in [6, 6.07) is 21.7. The Kier molecular flexibility index (Phi) is 9.55. The lowest BCUT2D eigenvalue weighted by atomic mass is 10.0. The number of hydrogen-bond donors (Lipinski definition) is 4. The van der Waals surface area contributed by atoms with Crippen LogP contribution in [0.4, 0.5) is 5.69 Å². The van der Waals surface area contributed by atoms with Gasteiger partial charge in [-0.1, -0.05) is 36.4 Å². The molecule has 0 bridgehead atoms. The molecule has 0 radical (unpaired) electrons. The van der Waals surface area contributed by atoms with Crippen molar-refractivity contribution in [1.29, 1.82) is 5.41 Å². The van der Waals surface area contributed by atoms with E-state index in [0.717, 1.165) is 49.7 Å². The van der Waals surface area contributed by atoms with Gasteiger partial charge in [-0.15, -0.1) is 0 Å². The molecule has 38 heavy (non-hydrogen) atoms. The molecule has 9 nitrogen and oxygen atoms in total. The maximum Gasteiger partial charge on any atom is 0.247 e. The van der Waals surface area contributed by atoms with Crippen molar-refractivity contribution in [3.05, 3.63) is 89.5 Å². The Labute approximate surface area is 223 Å². The molecule has 3 aromatic carbocycles. The minimum absolute atomic E-state index is 0.0114. The van der Waals surface area contributed by atoms with Crippen molar-refractivity contribution >= 4 is 17.4 Å². The Morgan fingerprint density at radius 3 is 2.47 bits per heavy atom. The van der Waals surface area contributed by atoms with E-state index in [2.05, 4.69) is 15.5 Å². The number of benzene rings is 3. The molecule has 1 amide bonds. The SMILES string of the molecule is COc1cc([C@H](Nc2ccc(C(=N)N)cc2)C(=O)NCc2ccccc2)ccc1OCCN1CCOCC1. The molecule has 1 heterocycles. The topological polar surface area (TPSA) is 122 Å². The molecule has 200 valence electrons. The predicted molar refractivity (Wildman–Crippen MR) is 148 cm³/mol. The summed E-state index contributed by atoms with van der Waals surface area (Å²) in [5.74, 6) is 0.980. The second-order valence-electron chi connectivity index (χ2n) is 8.98.